The van der Waals surface area contributed by atoms with Gasteiger partial charge in [0, 0.05) is 17.0 Å². The van der Waals surface area contributed by atoms with E-state index in [1.807, 2.05) is 31.2 Å². The minimum Gasteiger partial charge on any atom is -0.409 e. The molecule has 0 unspecified atom stereocenters. The van der Waals surface area contributed by atoms with Crippen molar-refractivity contribution in [2.24, 2.45) is 21.6 Å². The van der Waals surface area contributed by atoms with Gasteiger partial charge in [0.05, 0.1) is 0 Å². The summed E-state index contributed by atoms with van der Waals surface area (Å²) in [4.78, 5) is 4.09. The fourth-order valence-electron chi connectivity index (χ4n) is 1.54. The van der Waals surface area contributed by atoms with Gasteiger partial charge in [0.1, 0.15) is 5.71 Å². The Kier molecular flexibility index (Phi) is 4.88. The molecule has 1 rings (SSSR count). The smallest absolute Gasteiger partial charge is 0.188 e. The fourth-order valence-corrected chi connectivity index (χ4v) is 1.54. The van der Waals surface area contributed by atoms with E-state index in [4.69, 9.17) is 16.7 Å². The number of hydrogen-bond acceptors (Lipinski definition) is 4. The third-order valence-corrected chi connectivity index (χ3v) is 2.43. The Morgan fingerprint density at radius 3 is 2.47 bits per heavy atom. The van der Waals surface area contributed by atoms with Crippen LogP contribution < -0.4 is 11.5 Å². The lowest BCUT2D eigenvalue weighted by molar-refractivity contribution is 0.319. The minimum atomic E-state index is -0.112. The van der Waals surface area contributed by atoms with Gasteiger partial charge in [0.25, 0.3) is 0 Å². The summed E-state index contributed by atoms with van der Waals surface area (Å²) in [5.74, 6) is -0.112. The number of amidine groups is 1. The summed E-state index contributed by atoms with van der Waals surface area (Å²) in [6.45, 7) is 7.32. The van der Waals surface area contributed by atoms with Gasteiger partial charge in [-0.05, 0) is 25.5 Å². The van der Waals surface area contributed by atoms with Crippen LogP contribution >= 0.6 is 0 Å². The van der Waals surface area contributed by atoms with E-state index in [9.17, 15) is 0 Å². The zero-order valence-electron chi connectivity index (χ0n) is 11.1. The number of aryl methyl sites for hydroxylation is 1. The van der Waals surface area contributed by atoms with Crippen LogP contribution in [0.25, 0.3) is 5.70 Å². The van der Waals surface area contributed by atoms with E-state index in [0.29, 0.717) is 11.4 Å². The molecule has 0 fully saturated rings. The van der Waals surface area contributed by atoms with Gasteiger partial charge in [-0.1, -0.05) is 36.0 Å². The molecule has 0 radical (unpaired) electrons. The molecule has 0 heterocycles. The van der Waals surface area contributed by atoms with Gasteiger partial charge in [0.15, 0.2) is 5.84 Å². The predicted octanol–water partition coefficient (Wildman–Crippen LogP) is 2.02. The molecule has 1 aromatic rings. The van der Waals surface area contributed by atoms with Crippen LogP contribution in [-0.2, 0) is 0 Å². The third-order valence-electron chi connectivity index (χ3n) is 2.43. The first-order chi connectivity index (χ1) is 8.95. The second-order valence-corrected chi connectivity index (χ2v) is 4.13. The van der Waals surface area contributed by atoms with E-state index in [2.05, 4.69) is 16.7 Å². The molecule has 0 spiro atoms. The number of aliphatic imine (C=N–C) groups is 1. The van der Waals surface area contributed by atoms with Gasteiger partial charge in [-0.3, -0.25) is 4.99 Å². The van der Waals surface area contributed by atoms with Crippen molar-refractivity contribution in [2.45, 2.75) is 13.8 Å². The summed E-state index contributed by atoms with van der Waals surface area (Å²) in [7, 11) is 0. The number of oxime groups is 1. The first kappa shape index (κ1) is 14.5. The van der Waals surface area contributed by atoms with E-state index in [-0.39, 0.29) is 11.5 Å². The average Bonchev–Trinajstić information content (AvgIpc) is 2.36. The zero-order valence-corrected chi connectivity index (χ0v) is 11.1. The highest BCUT2D eigenvalue weighted by molar-refractivity contribution is 6.46. The topological polar surface area (TPSA) is 97.0 Å². The number of nitrogens with zero attached hydrogens (tertiary/aromatic N) is 2. The molecule has 0 aromatic heterocycles. The summed E-state index contributed by atoms with van der Waals surface area (Å²) in [5.41, 5.74) is 14.8. The number of benzene rings is 1. The van der Waals surface area contributed by atoms with Crippen LogP contribution in [0.15, 0.2) is 52.8 Å². The molecule has 0 aliphatic rings. The second kappa shape index (κ2) is 6.39. The number of rotatable bonds is 4. The maximum atomic E-state index is 8.74. The van der Waals surface area contributed by atoms with Gasteiger partial charge in [-0.15, -0.1) is 0 Å². The summed E-state index contributed by atoms with van der Waals surface area (Å²) >= 11 is 0. The first-order valence-corrected chi connectivity index (χ1v) is 5.71. The maximum Gasteiger partial charge on any atom is 0.188 e. The zero-order chi connectivity index (χ0) is 14.4. The lowest BCUT2D eigenvalue weighted by Gasteiger charge is -2.07. The van der Waals surface area contributed by atoms with Crippen LogP contribution in [0.1, 0.15) is 18.1 Å². The Bertz CT molecular complexity index is 571. The van der Waals surface area contributed by atoms with E-state index in [1.54, 1.807) is 13.0 Å². The van der Waals surface area contributed by atoms with Gasteiger partial charge in [-0.2, -0.15) is 0 Å². The van der Waals surface area contributed by atoms with Crippen LogP contribution in [0.5, 0.6) is 0 Å². The molecule has 0 atom stereocenters. The quantitative estimate of drug-likeness (QED) is 0.333. The van der Waals surface area contributed by atoms with Crippen LogP contribution in [0.3, 0.4) is 0 Å². The van der Waals surface area contributed by atoms with Crippen molar-refractivity contribution in [3.63, 3.8) is 0 Å². The van der Waals surface area contributed by atoms with Crippen LogP contribution in [0.4, 0.5) is 0 Å². The van der Waals surface area contributed by atoms with Crippen molar-refractivity contribution < 1.29 is 5.21 Å². The summed E-state index contributed by atoms with van der Waals surface area (Å²) in [5, 5.41) is 11.7. The Morgan fingerprint density at radius 1 is 1.32 bits per heavy atom. The second-order valence-electron chi connectivity index (χ2n) is 4.13. The molecule has 19 heavy (non-hydrogen) atoms. The normalized spacial score (nSPS) is 13.5. The molecule has 0 aliphatic carbocycles. The number of hydrogen-bond donors (Lipinski definition) is 3. The van der Waals surface area contributed by atoms with Crippen molar-refractivity contribution in [1.82, 2.24) is 0 Å². The number of nitrogens with two attached hydrogens (primary N) is 2. The van der Waals surface area contributed by atoms with Gasteiger partial charge < -0.3 is 16.7 Å². The van der Waals surface area contributed by atoms with Gasteiger partial charge in [-0.25, -0.2) is 0 Å². The average molecular weight is 258 g/mol. The molecule has 0 aliphatic heterocycles. The Balaban J connectivity index is 3.24. The molecule has 0 saturated carbocycles. The van der Waals surface area contributed by atoms with E-state index >= 15 is 0 Å². The maximum absolute atomic E-state index is 8.74. The molecule has 100 valence electrons. The third kappa shape index (κ3) is 3.99. The lowest BCUT2D eigenvalue weighted by atomic mass is 10.0. The van der Waals surface area contributed by atoms with Gasteiger partial charge >= 0.3 is 0 Å². The van der Waals surface area contributed by atoms with Crippen molar-refractivity contribution in [3.8, 4) is 0 Å². The van der Waals surface area contributed by atoms with E-state index < -0.39 is 0 Å². The van der Waals surface area contributed by atoms with E-state index in [1.165, 1.54) is 0 Å². The Morgan fingerprint density at radius 2 is 1.95 bits per heavy atom. The molecule has 5 nitrogen and oxygen atoms in total. The first-order valence-electron chi connectivity index (χ1n) is 5.71. The van der Waals surface area contributed by atoms with Gasteiger partial charge in [0.2, 0.25) is 0 Å². The van der Waals surface area contributed by atoms with Crippen molar-refractivity contribution >= 4 is 17.2 Å². The molecular weight excluding hydrogens is 240 g/mol. The largest absolute Gasteiger partial charge is 0.409 e. The van der Waals surface area contributed by atoms with Crippen molar-refractivity contribution in [2.75, 3.05) is 0 Å². The highest BCUT2D eigenvalue weighted by atomic mass is 16.4. The molecule has 5 N–H and O–H groups in total. The van der Waals surface area contributed by atoms with Crippen molar-refractivity contribution in [3.05, 3.63) is 53.7 Å². The molecule has 0 saturated heterocycles. The predicted molar refractivity (Wildman–Crippen MR) is 79.0 cm³/mol. The summed E-state index contributed by atoms with van der Waals surface area (Å²) in [6, 6.07) is 7.67. The monoisotopic (exact) mass is 258 g/mol. The highest BCUT2D eigenvalue weighted by Crippen LogP contribution is 2.14. The fraction of sp³-hybridized carbons (Fsp3) is 0.143. The number of allylic oxidation sites excluding steroid dienone is 1. The molecular formula is C14H18N4O. The summed E-state index contributed by atoms with van der Waals surface area (Å²) < 4.78 is 0. The van der Waals surface area contributed by atoms with Crippen molar-refractivity contribution in [1.29, 1.82) is 0 Å². The van der Waals surface area contributed by atoms with E-state index in [0.717, 1.165) is 11.1 Å². The Labute approximate surface area is 112 Å². The standard InChI is InChI=1S/C14H18N4O/c1-9(2)17-13(14(16)18-19)8-12(15)11-7-5-4-6-10(11)3/h4-8,19H,1,15H2,2-3H3,(H2,16,18)/b12-8-,17-13+. The molecule has 0 bridgehead atoms. The highest BCUT2D eigenvalue weighted by Gasteiger charge is 2.06. The minimum absolute atomic E-state index is 0.112. The SMILES string of the molecule is C=C(C)/N=C(\C=C(/N)c1ccccc1C)C(/N)=N/O. The summed E-state index contributed by atoms with van der Waals surface area (Å²) in [6.07, 6.45) is 1.56. The molecule has 0 amide bonds. The lowest BCUT2D eigenvalue weighted by Crippen LogP contribution is -2.23. The van der Waals surface area contributed by atoms with Crippen LogP contribution in [-0.4, -0.2) is 16.8 Å². The Hall–Kier alpha value is -2.56. The van der Waals surface area contributed by atoms with Crippen LogP contribution in [0.2, 0.25) is 0 Å². The molecule has 5 heteroatoms. The molecule has 1 aromatic carbocycles. The van der Waals surface area contributed by atoms with Crippen LogP contribution in [0, 0.1) is 6.92 Å².